The minimum Gasteiger partial charge on any atom is -0.370 e. The van der Waals surface area contributed by atoms with Gasteiger partial charge in [-0.15, -0.1) is 0 Å². The molecule has 3 rings (SSSR count). The maximum atomic E-state index is 12.2. The fraction of sp³-hybridized carbons (Fsp3) is 0.357. The van der Waals surface area contributed by atoms with E-state index in [0.29, 0.717) is 12.2 Å². The Morgan fingerprint density at radius 2 is 2.33 bits per heavy atom. The SMILES string of the molecule is Cn1nccc1[C@H]1OCC[C@@H]1NC(=O)c1ccc(=O)[nH]c1. The molecule has 1 fully saturated rings. The van der Waals surface area contributed by atoms with Gasteiger partial charge in [0.25, 0.3) is 5.91 Å². The van der Waals surface area contributed by atoms with Gasteiger partial charge in [0.1, 0.15) is 6.10 Å². The van der Waals surface area contributed by atoms with Crippen LogP contribution in [-0.2, 0) is 11.8 Å². The molecular weight excluding hydrogens is 272 g/mol. The summed E-state index contributed by atoms with van der Waals surface area (Å²) in [4.78, 5) is 25.7. The third kappa shape index (κ3) is 2.73. The van der Waals surface area contributed by atoms with E-state index < -0.39 is 0 Å². The van der Waals surface area contributed by atoms with Gasteiger partial charge >= 0.3 is 0 Å². The van der Waals surface area contributed by atoms with Gasteiger partial charge in [-0.05, 0) is 18.6 Å². The molecule has 0 spiro atoms. The summed E-state index contributed by atoms with van der Waals surface area (Å²) in [6.45, 7) is 0.590. The van der Waals surface area contributed by atoms with Crippen molar-refractivity contribution >= 4 is 5.91 Å². The topological polar surface area (TPSA) is 89.0 Å². The summed E-state index contributed by atoms with van der Waals surface area (Å²) in [5.74, 6) is -0.228. The Kier molecular flexibility index (Phi) is 3.57. The van der Waals surface area contributed by atoms with Gasteiger partial charge in [-0.2, -0.15) is 5.10 Å². The molecule has 21 heavy (non-hydrogen) atoms. The van der Waals surface area contributed by atoms with Crippen LogP contribution in [0.1, 0.15) is 28.6 Å². The Morgan fingerprint density at radius 1 is 1.48 bits per heavy atom. The quantitative estimate of drug-likeness (QED) is 0.854. The standard InChI is InChI=1S/C14H16N4O3/c1-18-11(4-6-16-18)13-10(5-7-21-13)17-14(20)9-2-3-12(19)15-8-9/h2-4,6,8,10,13H,5,7H2,1H3,(H,15,19)(H,17,20)/t10-,13-/m0/s1. The molecule has 3 heterocycles. The van der Waals surface area contributed by atoms with E-state index in [1.165, 1.54) is 18.3 Å². The van der Waals surface area contributed by atoms with Gasteiger partial charge in [-0.1, -0.05) is 0 Å². The third-order valence-corrected chi connectivity index (χ3v) is 3.60. The molecule has 110 valence electrons. The maximum Gasteiger partial charge on any atom is 0.253 e. The predicted molar refractivity (Wildman–Crippen MR) is 74.8 cm³/mol. The Hall–Kier alpha value is -2.41. The lowest BCUT2D eigenvalue weighted by molar-refractivity contribution is 0.0792. The molecule has 0 aliphatic carbocycles. The van der Waals surface area contributed by atoms with E-state index in [4.69, 9.17) is 4.74 Å². The highest BCUT2D eigenvalue weighted by Gasteiger charge is 2.32. The Labute approximate surface area is 120 Å². The lowest BCUT2D eigenvalue weighted by Gasteiger charge is -2.20. The van der Waals surface area contributed by atoms with Gasteiger partial charge in [0.2, 0.25) is 5.56 Å². The number of hydrogen-bond acceptors (Lipinski definition) is 4. The van der Waals surface area contributed by atoms with Crippen LogP contribution < -0.4 is 10.9 Å². The van der Waals surface area contributed by atoms with Gasteiger partial charge in [0.05, 0.1) is 17.3 Å². The fourth-order valence-corrected chi connectivity index (χ4v) is 2.50. The highest BCUT2D eigenvalue weighted by atomic mass is 16.5. The number of carbonyl (C=O) groups is 1. The average Bonchev–Trinajstić information content (AvgIpc) is 3.08. The number of pyridine rings is 1. The van der Waals surface area contributed by atoms with E-state index in [-0.39, 0.29) is 23.6 Å². The molecule has 1 amide bonds. The van der Waals surface area contributed by atoms with Crippen molar-refractivity contribution in [3.05, 3.63) is 52.2 Å². The lowest BCUT2D eigenvalue weighted by Crippen LogP contribution is -2.37. The largest absolute Gasteiger partial charge is 0.370 e. The predicted octanol–water partition coefficient (Wildman–Crippen LogP) is 0.368. The van der Waals surface area contributed by atoms with Crippen LogP contribution in [0.5, 0.6) is 0 Å². The van der Waals surface area contributed by atoms with Crippen molar-refractivity contribution in [1.82, 2.24) is 20.1 Å². The summed E-state index contributed by atoms with van der Waals surface area (Å²) in [5, 5.41) is 7.08. The minimum absolute atomic E-state index is 0.111. The van der Waals surface area contributed by atoms with Crippen molar-refractivity contribution in [2.24, 2.45) is 7.05 Å². The number of H-pyrrole nitrogens is 1. The van der Waals surface area contributed by atoms with Crippen LogP contribution in [0.3, 0.4) is 0 Å². The van der Waals surface area contributed by atoms with Crippen molar-refractivity contribution < 1.29 is 9.53 Å². The number of amides is 1. The number of rotatable bonds is 3. The van der Waals surface area contributed by atoms with Crippen LogP contribution in [0.25, 0.3) is 0 Å². The fourth-order valence-electron chi connectivity index (χ4n) is 2.50. The van der Waals surface area contributed by atoms with Crippen molar-refractivity contribution in [2.45, 2.75) is 18.6 Å². The average molecular weight is 288 g/mol. The molecule has 2 N–H and O–H groups in total. The number of aryl methyl sites for hydroxylation is 1. The molecular formula is C14H16N4O3. The second-order valence-electron chi connectivity index (χ2n) is 4.98. The van der Waals surface area contributed by atoms with E-state index in [0.717, 1.165) is 12.1 Å². The first-order valence-electron chi connectivity index (χ1n) is 6.74. The molecule has 0 bridgehead atoms. The van der Waals surface area contributed by atoms with Gasteiger partial charge in [0, 0.05) is 32.1 Å². The van der Waals surface area contributed by atoms with E-state index in [2.05, 4.69) is 15.4 Å². The number of carbonyl (C=O) groups excluding carboxylic acids is 1. The molecule has 1 aliphatic heterocycles. The smallest absolute Gasteiger partial charge is 0.253 e. The van der Waals surface area contributed by atoms with Crippen LogP contribution in [0.2, 0.25) is 0 Å². The zero-order valence-electron chi connectivity index (χ0n) is 11.6. The van der Waals surface area contributed by atoms with Crippen LogP contribution >= 0.6 is 0 Å². The monoisotopic (exact) mass is 288 g/mol. The van der Waals surface area contributed by atoms with E-state index >= 15 is 0 Å². The van der Waals surface area contributed by atoms with Crippen molar-refractivity contribution in [2.75, 3.05) is 6.61 Å². The van der Waals surface area contributed by atoms with Gasteiger partial charge in [0.15, 0.2) is 0 Å². The zero-order chi connectivity index (χ0) is 14.8. The first-order chi connectivity index (χ1) is 10.1. The van der Waals surface area contributed by atoms with Crippen LogP contribution in [0.4, 0.5) is 0 Å². The summed E-state index contributed by atoms with van der Waals surface area (Å²) in [6, 6.07) is 4.61. The molecule has 2 aromatic heterocycles. The molecule has 1 aliphatic rings. The molecule has 0 radical (unpaired) electrons. The number of hydrogen-bond donors (Lipinski definition) is 2. The molecule has 0 saturated carbocycles. The third-order valence-electron chi connectivity index (χ3n) is 3.60. The summed E-state index contributed by atoms with van der Waals surface area (Å²) in [6.07, 6.45) is 3.65. The number of nitrogens with zero attached hydrogens (tertiary/aromatic N) is 2. The van der Waals surface area contributed by atoms with Crippen molar-refractivity contribution in [3.63, 3.8) is 0 Å². The second-order valence-corrected chi connectivity index (χ2v) is 4.98. The van der Waals surface area contributed by atoms with E-state index in [1.807, 2.05) is 13.1 Å². The zero-order valence-corrected chi connectivity index (χ0v) is 11.6. The molecule has 2 aromatic rings. The van der Waals surface area contributed by atoms with Gasteiger partial charge in [-0.3, -0.25) is 14.3 Å². The van der Waals surface area contributed by atoms with Crippen molar-refractivity contribution in [3.8, 4) is 0 Å². The Morgan fingerprint density at radius 3 is 3.00 bits per heavy atom. The number of ether oxygens (including phenoxy) is 1. The summed E-state index contributed by atoms with van der Waals surface area (Å²) < 4.78 is 7.46. The molecule has 1 saturated heterocycles. The maximum absolute atomic E-state index is 12.2. The van der Waals surface area contributed by atoms with E-state index in [1.54, 1.807) is 10.9 Å². The summed E-state index contributed by atoms with van der Waals surface area (Å²) in [7, 11) is 1.85. The van der Waals surface area contributed by atoms with Crippen LogP contribution in [0.15, 0.2) is 35.4 Å². The minimum atomic E-state index is -0.233. The summed E-state index contributed by atoms with van der Waals surface area (Å²) >= 11 is 0. The molecule has 0 unspecified atom stereocenters. The van der Waals surface area contributed by atoms with E-state index in [9.17, 15) is 9.59 Å². The first-order valence-corrected chi connectivity index (χ1v) is 6.74. The second kappa shape index (κ2) is 5.53. The van der Waals surface area contributed by atoms with Gasteiger partial charge < -0.3 is 15.0 Å². The number of nitrogens with one attached hydrogen (secondary N) is 2. The molecule has 0 aromatic carbocycles. The molecule has 7 nitrogen and oxygen atoms in total. The van der Waals surface area contributed by atoms with Crippen molar-refractivity contribution in [1.29, 1.82) is 0 Å². The van der Waals surface area contributed by atoms with Crippen LogP contribution in [0, 0.1) is 0 Å². The highest BCUT2D eigenvalue weighted by Crippen LogP contribution is 2.28. The number of aromatic amines is 1. The Bertz CT molecular complexity index is 686. The highest BCUT2D eigenvalue weighted by molar-refractivity contribution is 5.94. The first kappa shape index (κ1) is 13.6. The summed E-state index contributed by atoms with van der Waals surface area (Å²) in [5.41, 5.74) is 1.12. The normalized spacial score (nSPS) is 21.4. The number of aromatic nitrogens is 3. The Balaban J connectivity index is 1.74. The van der Waals surface area contributed by atoms with Crippen LogP contribution in [-0.4, -0.2) is 33.3 Å². The lowest BCUT2D eigenvalue weighted by atomic mass is 10.1. The van der Waals surface area contributed by atoms with Gasteiger partial charge in [-0.25, -0.2) is 0 Å². The molecule has 2 atom stereocenters. The molecule has 7 heteroatoms.